The van der Waals surface area contributed by atoms with Crippen LogP contribution in [0.1, 0.15) is 75.5 Å². The molecule has 1 N–H and O–H groups in total. The Morgan fingerprint density at radius 2 is 1.81 bits per heavy atom. The molecule has 0 saturated heterocycles. The Hall–Kier alpha value is -5.28. The fraction of sp³-hybridized carbons (Fsp3) is 0.344. The lowest BCUT2D eigenvalue weighted by Gasteiger charge is -2.22. The van der Waals surface area contributed by atoms with E-state index < -0.39 is 35.9 Å². The van der Waals surface area contributed by atoms with Crippen LogP contribution in [0.15, 0.2) is 66.1 Å². The molecule has 250 valence electrons. The van der Waals surface area contributed by atoms with Crippen molar-refractivity contribution >= 4 is 11.6 Å². The number of hydrogen-bond donors (Lipinski definition) is 1. The summed E-state index contributed by atoms with van der Waals surface area (Å²) in [5.74, 6) is -0.771. The van der Waals surface area contributed by atoms with Gasteiger partial charge in [0.15, 0.2) is 5.69 Å². The van der Waals surface area contributed by atoms with Crippen LogP contribution >= 0.6 is 0 Å². The van der Waals surface area contributed by atoms with Crippen molar-refractivity contribution in [2.45, 2.75) is 64.7 Å². The second kappa shape index (κ2) is 12.7. The van der Waals surface area contributed by atoms with Crippen LogP contribution in [0.25, 0.3) is 28.2 Å². The SMILES string of the molecule is CC(C)c1ccc(-n2cc(C(F)(F)F)nn2)c(-c2cc(=O)n([C@H]3CCC[C@@H](C)C(=O)Nc4cnn(C(F)F)c4-c4ccnc3c4)cn2)c1. The average molecular weight is 668 g/mol. The molecule has 2 bridgehead atoms. The van der Waals surface area contributed by atoms with Gasteiger partial charge in [-0.15, -0.1) is 5.10 Å². The van der Waals surface area contributed by atoms with Crippen molar-refractivity contribution in [2.24, 2.45) is 5.92 Å². The Morgan fingerprint density at radius 3 is 2.50 bits per heavy atom. The maximum absolute atomic E-state index is 14.0. The van der Waals surface area contributed by atoms with Gasteiger partial charge in [-0.1, -0.05) is 38.5 Å². The van der Waals surface area contributed by atoms with Crippen LogP contribution in [0.3, 0.4) is 0 Å². The molecule has 6 rings (SSSR count). The molecule has 16 heteroatoms. The van der Waals surface area contributed by atoms with Crippen LogP contribution in [-0.2, 0) is 11.0 Å². The molecule has 5 heterocycles. The van der Waals surface area contributed by atoms with Crippen molar-refractivity contribution in [3.63, 3.8) is 0 Å². The maximum atomic E-state index is 14.0. The molecule has 1 aliphatic heterocycles. The van der Waals surface area contributed by atoms with Gasteiger partial charge in [-0.3, -0.25) is 19.1 Å². The highest BCUT2D eigenvalue weighted by molar-refractivity contribution is 5.95. The average Bonchev–Trinajstić information content (AvgIpc) is 3.71. The van der Waals surface area contributed by atoms with E-state index in [1.54, 1.807) is 31.2 Å². The molecular weight excluding hydrogens is 637 g/mol. The monoisotopic (exact) mass is 667 g/mol. The number of nitrogens with one attached hydrogen (secondary N) is 1. The van der Waals surface area contributed by atoms with Crippen molar-refractivity contribution in [1.29, 1.82) is 0 Å². The van der Waals surface area contributed by atoms with Crippen LogP contribution in [0.2, 0.25) is 0 Å². The lowest BCUT2D eigenvalue weighted by molar-refractivity contribution is -0.141. The van der Waals surface area contributed by atoms with Gasteiger partial charge in [0.2, 0.25) is 5.91 Å². The number of aromatic nitrogens is 8. The highest BCUT2D eigenvalue weighted by Crippen LogP contribution is 2.36. The first-order valence-electron chi connectivity index (χ1n) is 15.2. The van der Waals surface area contributed by atoms with Gasteiger partial charge in [0, 0.05) is 29.3 Å². The van der Waals surface area contributed by atoms with Crippen molar-refractivity contribution in [3.8, 4) is 28.2 Å². The number of pyridine rings is 1. The molecule has 0 saturated carbocycles. The fourth-order valence-electron chi connectivity index (χ4n) is 5.72. The summed E-state index contributed by atoms with van der Waals surface area (Å²) in [6.45, 7) is 2.64. The van der Waals surface area contributed by atoms with Crippen LogP contribution in [0.4, 0.5) is 27.6 Å². The minimum Gasteiger partial charge on any atom is -0.323 e. The standard InChI is InChI=1S/C32H30F5N9O2/c1-17(2)19-7-8-25(45-15-27(42-43-45)32(35,36)37)21(11-19)22-13-28(47)44(16-39-22)26-6-4-5-18(3)30(48)41-24-14-40-46(31(33)34)29(24)20-9-10-38-23(26)12-20/h7-18,26,31H,4-6H2,1-3H3,(H,41,48)/t18-,26+/m1/s1. The van der Waals surface area contributed by atoms with E-state index in [0.29, 0.717) is 40.8 Å². The molecule has 11 nitrogen and oxygen atoms in total. The molecule has 0 fully saturated rings. The van der Waals surface area contributed by atoms with Crippen LogP contribution in [-0.4, -0.2) is 45.2 Å². The van der Waals surface area contributed by atoms with Crippen molar-refractivity contribution in [2.75, 3.05) is 5.32 Å². The lowest BCUT2D eigenvalue weighted by Crippen LogP contribution is -2.27. The van der Waals surface area contributed by atoms with E-state index in [0.717, 1.165) is 16.4 Å². The van der Waals surface area contributed by atoms with Gasteiger partial charge in [0.1, 0.15) is 0 Å². The van der Waals surface area contributed by atoms with E-state index in [2.05, 4.69) is 30.7 Å². The summed E-state index contributed by atoms with van der Waals surface area (Å²) in [4.78, 5) is 35.8. The summed E-state index contributed by atoms with van der Waals surface area (Å²) >= 11 is 0. The minimum absolute atomic E-state index is 0.00583. The summed E-state index contributed by atoms with van der Waals surface area (Å²) in [5, 5.41) is 13.4. The van der Waals surface area contributed by atoms with E-state index >= 15 is 0 Å². The number of carbonyl (C=O) groups excluding carboxylic acids is 1. The summed E-state index contributed by atoms with van der Waals surface area (Å²) in [7, 11) is 0. The van der Waals surface area contributed by atoms with E-state index in [1.165, 1.54) is 35.4 Å². The van der Waals surface area contributed by atoms with Crippen LogP contribution in [0.5, 0.6) is 0 Å². The minimum atomic E-state index is -4.70. The Balaban J connectivity index is 1.45. The second-order valence-electron chi connectivity index (χ2n) is 11.9. The highest BCUT2D eigenvalue weighted by Gasteiger charge is 2.35. The number of anilines is 1. The van der Waals surface area contributed by atoms with Crippen LogP contribution in [0, 0.1) is 5.92 Å². The Bertz CT molecular complexity index is 2030. The number of carbonyl (C=O) groups is 1. The summed E-state index contributed by atoms with van der Waals surface area (Å²) in [5.41, 5.74) is 0.849. The molecular formula is C32H30F5N9O2. The van der Waals surface area contributed by atoms with Crippen LogP contribution < -0.4 is 10.9 Å². The van der Waals surface area contributed by atoms with E-state index in [4.69, 9.17) is 0 Å². The largest absolute Gasteiger partial charge is 0.436 e. The highest BCUT2D eigenvalue weighted by atomic mass is 19.4. The number of alkyl halides is 5. The number of nitrogens with zero attached hydrogens (tertiary/aromatic N) is 8. The maximum Gasteiger partial charge on any atom is 0.436 e. The normalized spacial score (nSPS) is 17.2. The number of fused-ring (bicyclic) bond motifs is 4. The van der Waals surface area contributed by atoms with Crippen molar-refractivity contribution in [1.82, 2.24) is 39.3 Å². The molecule has 2 atom stereocenters. The third kappa shape index (κ3) is 6.33. The molecule has 0 unspecified atom stereocenters. The first-order chi connectivity index (χ1) is 22.8. The zero-order chi connectivity index (χ0) is 34.3. The Kier molecular flexibility index (Phi) is 8.66. The molecule has 0 radical (unpaired) electrons. The molecule has 0 aliphatic carbocycles. The summed E-state index contributed by atoms with van der Waals surface area (Å²) < 4.78 is 70.8. The molecule has 0 spiro atoms. The first kappa shape index (κ1) is 32.7. The lowest BCUT2D eigenvalue weighted by atomic mass is 9.96. The molecule has 5 aromatic rings. The zero-order valence-corrected chi connectivity index (χ0v) is 26.0. The summed E-state index contributed by atoms with van der Waals surface area (Å²) in [6.07, 6.45) is 1.33. The fourth-order valence-corrected chi connectivity index (χ4v) is 5.72. The zero-order valence-electron chi connectivity index (χ0n) is 26.0. The van der Waals surface area contributed by atoms with E-state index in [-0.39, 0.29) is 34.6 Å². The molecule has 1 aromatic carbocycles. The Morgan fingerprint density at radius 1 is 1.02 bits per heavy atom. The quantitative estimate of drug-likeness (QED) is 0.209. The number of hydrogen-bond acceptors (Lipinski definition) is 7. The molecule has 1 amide bonds. The smallest absolute Gasteiger partial charge is 0.323 e. The van der Waals surface area contributed by atoms with Gasteiger partial charge in [-0.25, -0.2) is 14.3 Å². The molecule has 4 aromatic heterocycles. The topological polar surface area (TPSA) is 125 Å². The second-order valence-corrected chi connectivity index (χ2v) is 11.9. The molecule has 1 aliphatic rings. The number of benzene rings is 1. The predicted octanol–water partition coefficient (Wildman–Crippen LogP) is 6.63. The third-order valence-corrected chi connectivity index (χ3v) is 8.36. The molecule has 48 heavy (non-hydrogen) atoms. The van der Waals surface area contributed by atoms with Gasteiger partial charge in [-0.2, -0.15) is 27.1 Å². The van der Waals surface area contributed by atoms with Gasteiger partial charge in [-0.05, 0) is 48.6 Å². The third-order valence-electron chi connectivity index (χ3n) is 8.36. The number of amides is 1. The summed E-state index contributed by atoms with van der Waals surface area (Å²) in [6, 6.07) is 8.80. The first-order valence-corrected chi connectivity index (χ1v) is 15.2. The van der Waals surface area contributed by atoms with Gasteiger partial charge in [0.25, 0.3) is 5.56 Å². The van der Waals surface area contributed by atoms with Crippen molar-refractivity contribution in [3.05, 3.63) is 88.6 Å². The van der Waals surface area contributed by atoms with E-state index in [1.807, 2.05) is 13.8 Å². The number of rotatable bonds is 5. The Labute approximate surface area is 270 Å². The number of halogens is 5. The van der Waals surface area contributed by atoms with Gasteiger partial charge >= 0.3 is 12.7 Å². The predicted molar refractivity (Wildman–Crippen MR) is 164 cm³/mol. The van der Waals surface area contributed by atoms with Gasteiger partial charge < -0.3 is 5.32 Å². The van der Waals surface area contributed by atoms with E-state index in [9.17, 15) is 31.5 Å². The van der Waals surface area contributed by atoms with Gasteiger partial charge in [0.05, 0.1) is 53.2 Å². The van der Waals surface area contributed by atoms with Crippen molar-refractivity contribution < 1.29 is 26.7 Å².